The van der Waals surface area contributed by atoms with Gasteiger partial charge in [0.1, 0.15) is 0 Å². The SMILES string of the molecule is CCCN(CC(=O)NC)C1(CC(=O)O)CNC1. The van der Waals surface area contributed by atoms with E-state index in [2.05, 4.69) is 10.6 Å². The van der Waals surface area contributed by atoms with Gasteiger partial charge in [-0.15, -0.1) is 0 Å². The minimum atomic E-state index is -0.815. The maximum Gasteiger partial charge on any atom is 0.305 e. The molecule has 0 bridgehead atoms. The Bertz CT molecular complexity index is 290. The average molecular weight is 243 g/mol. The highest BCUT2D eigenvalue weighted by Crippen LogP contribution is 2.25. The van der Waals surface area contributed by atoms with Gasteiger partial charge >= 0.3 is 5.97 Å². The van der Waals surface area contributed by atoms with Crippen LogP contribution < -0.4 is 10.6 Å². The van der Waals surface area contributed by atoms with Crippen molar-refractivity contribution >= 4 is 11.9 Å². The molecule has 0 atom stereocenters. The zero-order chi connectivity index (χ0) is 12.9. The molecule has 1 amide bonds. The molecule has 17 heavy (non-hydrogen) atoms. The zero-order valence-corrected chi connectivity index (χ0v) is 10.5. The van der Waals surface area contributed by atoms with Gasteiger partial charge in [0.05, 0.1) is 18.5 Å². The Morgan fingerprint density at radius 1 is 1.47 bits per heavy atom. The van der Waals surface area contributed by atoms with Crippen molar-refractivity contribution in [3.63, 3.8) is 0 Å². The Morgan fingerprint density at radius 2 is 2.12 bits per heavy atom. The van der Waals surface area contributed by atoms with Crippen LogP contribution in [0.1, 0.15) is 19.8 Å². The first-order valence-electron chi connectivity index (χ1n) is 5.92. The van der Waals surface area contributed by atoms with Crippen LogP contribution in [0.2, 0.25) is 0 Å². The van der Waals surface area contributed by atoms with Crippen molar-refractivity contribution in [2.45, 2.75) is 25.3 Å². The van der Waals surface area contributed by atoms with Crippen LogP contribution in [0.25, 0.3) is 0 Å². The first-order valence-corrected chi connectivity index (χ1v) is 5.92. The lowest BCUT2D eigenvalue weighted by molar-refractivity contribution is -0.143. The maximum atomic E-state index is 11.4. The Morgan fingerprint density at radius 3 is 2.47 bits per heavy atom. The van der Waals surface area contributed by atoms with E-state index in [0.29, 0.717) is 13.1 Å². The molecule has 0 radical (unpaired) electrons. The van der Waals surface area contributed by atoms with Gasteiger partial charge in [-0.2, -0.15) is 0 Å². The third-order valence-electron chi connectivity index (χ3n) is 3.17. The lowest BCUT2D eigenvalue weighted by Crippen LogP contribution is -2.70. The number of hydrogen-bond donors (Lipinski definition) is 3. The van der Waals surface area contributed by atoms with Gasteiger partial charge in [-0.3, -0.25) is 14.5 Å². The van der Waals surface area contributed by atoms with E-state index in [4.69, 9.17) is 5.11 Å². The summed E-state index contributed by atoms with van der Waals surface area (Å²) in [5, 5.41) is 14.6. The van der Waals surface area contributed by atoms with Crippen molar-refractivity contribution in [3.05, 3.63) is 0 Å². The molecule has 1 rings (SSSR count). The smallest absolute Gasteiger partial charge is 0.305 e. The quantitative estimate of drug-likeness (QED) is 0.549. The molecule has 3 N–H and O–H groups in total. The Balaban J connectivity index is 2.71. The summed E-state index contributed by atoms with van der Waals surface area (Å²) in [5.74, 6) is -0.889. The van der Waals surface area contributed by atoms with Gasteiger partial charge in [0.25, 0.3) is 0 Å². The summed E-state index contributed by atoms with van der Waals surface area (Å²) in [6.45, 7) is 4.30. The van der Waals surface area contributed by atoms with E-state index in [1.807, 2.05) is 11.8 Å². The van der Waals surface area contributed by atoms with E-state index in [9.17, 15) is 9.59 Å². The molecule has 6 nitrogen and oxygen atoms in total. The number of carboxylic acids is 1. The molecule has 1 saturated heterocycles. The summed E-state index contributed by atoms with van der Waals surface area (Å²) in [4.78, 5) is 24.3. The number of carbonyl (C=O) groups is 2. The molecule has 98 valence electrons. The molecule has 0 saturated carbocycles. The Kier molecular flexibility index (Phi) is 4.89. The van der Waals surface area contributed by atoms with Gasteiger partial charge < -0.3 is 15.7 Å². The first-order chi connectivity index (χ1) is 8.04. The van der Waals surface area contributed by atoms with Crippen LogP contribution in [-0.4, -0.2) is 60.6 Å². The molecule has 0 spiro atoms. The van der Waals surface area contributed by atoms with E-state index in [1.54, 1.807) is 7.05 Å². The molecule has 0 aliphatic carbocycles. The number of hydrogen-bond acceptors (Lipinski definition) is 4. The summed E-state index contributed by atoms with van der Waals surface area (Å²) in [6, 6.07) is 0. The number of nitrogens with zero attached hydrogens (tertiary/aromatic N) is 1. The van der Waals surface area contributed by atoms with Crippen LogP contribution in [0, 0.1) is 0 Å². The molecule has 1 heterocycles. The highest BCUT2D eigenvalue weighted by molar-refractivity contribution is 5.78. The fraction of sp³-hybridized carbons (Fsp3) is 0.818. The van der Waals surface area contributed by atoms with Crippen LogP contribution in [0.4, 0.5) is 0 Å². The predicted molar refractivity (Wildman–Crippen MR) is 63.8 cm³/mol. The second kappa shape index (κ2) is 5.97. The molecule has 1 aliphatic heterocycles. The topological polar surface area (TPSA) is 81.7 Å². The maximum absolute atomic E-state index is 11.4. The van der Waals surface area contributed by atoms with E-state index in [0.717, 1.165) is 13.0 Å². The molecule has 0 aromatic rings. The molecule has 0 aromatic carbocycles. The standard InChI is InChI=1S/C11H21N3O3/c1-3-4-14(6-9(15)12-2)11(5-10(16)17)7-13-8-11/h13H,3-8H2,1-2H3,(H,12,15)(H,16,17). The third-order valence-corrected chi connectivity index (χ3v) is 3.17. The van der Waals surface area contributed by atoms with Gasteiger partial charge in [-0.05, 0) is 13.0 Å². The summed E-state index contributed by atoms with van der Waals surface area (Å²) in [6.07, 6.45) is 0.982. The first kappa shape index (κ1) is 13.9. The zero-order valence-electron chi connectivity index (χ0n) is 10.5. The van der Waals surface area contributed by atoms with Crippen molar-refractivity contribution in [1.82, 2.24) is 15.5 Å². The molecular formula is C11H21N3O3. The fourth-order valence-corrected chi connectivity index (χ4v) is 2.16. The van der Waals surface area contributed by atoms with Crippen molar-refractivity contribution < 1.29 is 14.7 Å². The predicted octanol–water partition coefficient (Wildman–Crippen LogP) is -0.739. The van der Waals surface area contributed by atoms with Crippen molar-refractivity contribution in [2.24, 2.45) is 0 Å². The van der Waals surface area contributed by atoms with Crippen LogP contribution in [-0.2, 0) is 9.59 Å². The van der Waals surface area contributed by atoms with Gasteiger partial charge in [0.2, 0.25) is 5.91 Å². The van der Waals surface area contributed by atoms with Gasteiger partial charge in [-0.25, -0.2) is 0 Å². The van der Waals surface area contributed by atoms with E-state index in [1.165, 1.54) is 0 Å². The largest absolute Gasteiger partial charge is 0.481 e. The normalized spacial score (nSPS) is 17.6. The second-order valence-corrected chi connectivity index (χ2v) is 4.49. The molecule has 6 heteroatoms. The molecule has 1 aliphatic rings. The molecular weight excluding hydrogens is 222 g/mol. The van der Waals surface area contributed by atoms with Crippen molar-refractivity contribution in [1.29, 1.82) is 0 Å². The lowest BCUT2D eigenvalue weighted by atomic mass is 9.86. The number of aliphatic carboxylic acids is 1. The number of nitrogens with one attached hydrogen (secondary N) is 2. The number of likely N-dealkylation sites (N-methyl/N-ethyl adjacent to an activating group) is 1. The lowest BCUT2D eigenvalue weighted by Gasteiger charge is -2.49. The average Bonchev–Trinajstić information content (AvgIpc) is 2.22. The third kappa shape index (κ3) is 3.41. The minimum Gasteiger partial charge on any atom is -0.481 e. The number of carboxylic acid groups (broad SMARTS) is 1. The monoisotopic (exact) mass is 243 g/mol. The van der Waals surface area contributed by atoms with Gasteiger partial charge in [0, 0.05) is 20.1 Å². The summed E-state index contributed by atoms with van der Waals surface area (Å²) in [7, 11) is 1.59. The number of amides is 1. The fourth-order valence-electron chi connectivity index (χ4n) is 2.16. The van der Waals surface area contributed by atoms with E-state index in [-0.39, 0.29) is 18.9 Å². The highest BCUT2D eigenvalue weighted by atomic mass is 16.4. The Hall–Kier alpha value is -1.14. The van der Waals surface area contributed by atoms with Gasteiger partial charge in [0.15, 0.2) is 0 Å². The van der Waals surface area contributed by atoms with Crippen LogP contribution >= 0.6 is 0 Å². The molecule has 0 unspecified atom stereocenters. The molecule has 1 fully saturated rings. The van der Waals surface area contributed by atoms with Gasteiger partial charge in [-0.1, -0.05) is 6.92 Å². The van der Waals surface area contributed by atoms with Crippen molar-refractivity contribution in [2.75, 3.05) is 33.2 Å². The van der Waals surface area contributed by atoms with Crippen LogP contribution in [0.3, 0.4) is 0 Å². The number of carbonyl (C=O) groups excluding carboxylic acids is 1. The summed E-state index contributed by atoms with van der Waals surface area (Å²) >= 11 is 0. The Labute approximate surface area is 101 Å². The minimum absolute atomic E-state index is 0.0740. The van der Waals surface area contributed by atoms with E-state index < -0.39 is 11.5 Å². The summed E-state index contributed by atoms with van der Waals surface area (Å²) < 4.78 is 0. The summed E-state index contributed by atoms with van der Waals surface area (Å²) in [5.41, 5.74) is -0.394. The van der Waals surface area contributed by atoms with Crippen LogP contribution in [0.5, 0.6) is 0 Å². The molecule has 0 aromatic heterocycles. The van der Waals surface area contributed by atoms with Crippen molar-refractivity contribution in [3.8, 4) is 0 Å². The van der Waals surface area contributed by atoms with E-state index >= 15 is 0 Å². The second-order valence-electron chi connectivity index (χ2n) is 4.49. The van der Waals surface area contributed by atoms with Crippen LogP contribution in [0.15, 0.2) is 0 Å². The highest BCUT2D eigenvalue weighted by Gasteiger charge is 2.44. The number of rotatable bonds is 7.